The van der Waals surface area contributed by atoms with E-state index >= 15 is 0 Å². The third-order valence-corrected chi connectivity index (χ3v) is 4.17. The van der Waals surface area contributed by atoms with E-state index in [4.69, 9.17) is 9.47 Å². The number of hydrogen-bond donors (Lipinski definition) is 1. The summed E-state index contributed by atoms with van der Waals surface area (Å²) in [6, 6.07) is 0. The predicted molar refractivity (Wildman–Crippen MR) is 151 cm³/mol. The van der Waals surface area contributed by atoms with Crippen molar-refractivity contribution in [3.05, 3.63) is 0 Å². The minimum absolute atomic E-state index is 0. The van der Waals surface area contributed by atoms with Gasteiger partial charge >= 0.3 is 71.1 Å². The van der Waals surface area contributed by atoms with Crippen LogP contribution in [-0.2, 0) is 28.2 Å². The third kappa shape index (κ3) is 32.4. The molecular weight excluding hydrogens is 531 g/mol. The van der Waals surface area contributed by atoms with Crippen molar-refractivity contribution in [3.63, 3.8) is 0 Å². The van der Waals surface area contributed by atoms with Crippen molar-refractivity contribution in [2.24, 2.45) is 0 Å². The van der Waals surface area contributed by atoms with Gasteiger partial charge in [0.15, 0.2) is 6.10 Å². The maximum atomic E-state index is 12.0. The molecule has 0 fully saturated rings. The molecule has 0 saturated heterocycles. The van der Waals surface area contributed by atoms with Gasteiger partial charge in [-0.15, -0.1) is 0 Å². The Morgan fingerprint density at radius 3 is 1.84 bits per heavy atom. The smallest absolute Gasteiger partial charge is 0.790 e. The van der Waals surface area contributed by atoms with E-state index in [1.54, 1.807) is 6.92 Å². The zero-order chi connectivity index (χ0) is 26.2. The van der Waals surface area contributed by atoms with Crippen molar-refractivity contribution in [1.29, 1.82) is 0 Å². The van der Waals surface area contributed by atoms with E-state index in [9.17, 15) is 23.9 Å². The standard InChI is InChI=1S/C26H27O8P.H3N.2Na.10H2/c1-3-5-7-9-11-12-13-14-15-17-18-20-25(27)32-22-24(23-33-35(29,30)31)34-26(28)21-19-16-10-8-6-4-2;;;;;;;;;;;;;/h24H,4,6,8,10,16,19,21-23H2,1-2H3,(H2,29,30,31);1H3;;;10*1H/q;;2*+1;;;;;;;;;;/p-2/t24-;;;;;;;;;;;;;/m1............./s1. The molecule has 0 amide bonds. The van der Waals surface area contributed by atoms with E-state index in [0.717, 1.165) is 32.1 Å². The fourth-order valence-electron chi connectivity index (χ4n) is 2.18. The van der Waals surface area contributed by atoms with Crippen LogP contribution in [0.4, 0.5) is 0 Å². The van der Waals surface area contributed by atoms with Gasteiger partial charge in [-0.3, -0.25) is 4.79 Å². The van der Waals surface area contributed by atoms with Crippen molar-refractivity contribution in [1.82, 2.24) is 6.15 Å². The average molecular weight is 580 g/mol. The molecule has 0 aromatic carbocycles. The third-order valence-electron chi connectivity index (χ3n) is 3.70. The molecule has 0 bridgehead atoms. The van der Waals surface area contributed by atoms with Crippen LogP contribution in [0.2, 0.25) is 0 Å². The Hall–Kier alpha value is -1.63. The number of esters is 2. The number of phosphoric acid groups is 1. The van der Waals surface area contributed by atoms with E-state index in [-0.39, 0.29) is 86.0 Å². The van der Waals surface area contributed by atoms with E-state index < -0.39 is 39.1 Å². The Balaban J connectivity index is -0.0000000741. The fraction of sp³-hybridized carbons (Fsp3) is 0.462. The molecule has 3 N–H and O–H groups in total. The van der Waals surface area contributed by atoms with Gasteiger partial charge in [-0.25, -0.2) is 4.79 Å². The van der Waals surface area contributed by atoms with Gasteiger partial charge in [0, 0.05) is 26.6 Å². The molecule has 1 atom stereocenters. The number of phosphoric ester groups is 1. The number of carbonyl (C=O) groups is 2. The molecule has 9 nitrogen and oxygen atoms in total. The van der Waals surface area contributed by atoms with Crippen LogP contribution < -0.4 is 75.1 Å². The first-order valence-corrected chi connectivity index (χ1v) is 12.2. The molecule has 0 spiro atoms. The average Bonchev–Trinajstić information content (AvgIpc) is 2.81. The van der Waals surface area contributed by atoms with E-state index in [1.165, 1.54) is 0 Å². The first kappa shape index (κ1) is 43.4. The largest absolute Gasteiger partial charge is 1.00 e. The number of hydrogen-bond acceptors (Lipinski definition) is 9. The number of rotatable bonds is 13. The number of carbonyl (C=O) groups excluding carboxylic acids is 2. The summed E-state index contributed by atoms with van der Waals surface area (Å²) in [7, 11) is -5.30. The molecule has 0 rings (SSSR count). The zero-order valence-electron chi connectivity index (χ0n) is 22.4. The van der Waals surface area contributed by atoms with Crippen molar-refractivity contribution in [3.8, 4) is 71.0 Å². The van der Waals surface area contributed by atoms with Gasteiger partial charge in [-0.2, -0.15) is 0 Å². The Labute approximate surface area is 284 Å². The first-order chi connectivity index (χ1) is 16.8. The van der Waals surface area contributed by atoms with E-state index in [2.05, 4.69) is 82.5 Å². The Bertz CT molecular complexity index is 1170. The maximum absolute atomic E-state index is 12.0. The van der Waals surface area contributed by atoms with Gasteiger partial charge in [0.05, 0.1) is 14.4 Å². The van der Waals surface area contributed by atoms with Crippen LogP contribution >= 0.6 is 7.82 Å². The SMILES string of the molecule is CC#CC#CC#CC#CC#CC#CC(=O)OC[C@H](COP(=O)([O-])[O-])OC(=O)CCCCCCCC.N.[HH].[HH].[HH].[HH].[HH].[HH].[HH].[HH].[HH].[HH].[Na+].[Na+]. The summed E-state index contributed by atoms with van der Waals surface area (Å²) in [6.45, 7) is 2.42. The monoisotopic (exact) mass is 579 g/mol. The van der Waals surface area contributed by atoms with Crippen LogP contribution in [0.3, 0.4) is 0 Å². The summed E-state index contributed by atoms with van der Waals surface area (Å²) in [5, 5.41) is 0. The van der Waals surface area contributed by atoms with E-state index in [1.807, 2.05) is 0 Å². The number of ether oxygens (including phenoxy) is 2. The van der Waals surface area contributed by atoms with Crippen molar-refractivity contribution in [2.45, 2.75) is 64.9 Å². The summed E-state index contributed by atoms with van der Waals surface area (Å²) in [5.74, 6) is 27.0. The van der Waals surface area contributed by atoms with Gasteiger partial charge in [0.2, 0.25) is 0 Å². The van der Waals surface area contributed by atoms with Crippen LogP contribution in [0.25, 0.3) is 0 Å². The van der Waals surface area contributed by atoms with Crippen LogP contribution in [0.15, 0.2) is 0 Å². The molecule has 0 unspecified atom stereocenters. The summed E-state index contributed by atoms with van der Waals surface area (Å²) in [4.78, 5) is 45.1. The molecule has 12 heteroatoms. The Morgan fingerprint density at radius 2 is 1.32 bits per heavy atom. The summed E-state index contributed by atoms with van der Waals surface area (Å²) in [5.41, 5.74) is 0. The molecule has 0 aromatic rings. The predicted octanol–water partition coefficient (Wildman–Crippen LogP) is -2.29. The van der Waals surface area contributed by atoms with Crippen LogP contribution in [-0.4, -0.2) is 31.3 Å². The summed E-state index contributed by atoms with van der Waals surface area (Å²) >= 11 is 0. The molecule has 0 radical (unpaired) electrons. The maximum Gasteiger partial charge on any atom is 1.00 e. The van der Waals surface area contributed by atoms with Crippen LogP contribution in [0.5, 0.6) is 0 Å². The number of unbranched alkanes of at least 4 members (excludes halogenated alkanes) is 5. The molecule has 212 valence electrons. The zero-order valence-corrected chi connectivity index (χ0v) is 27.3. The van der Waals surface area contributed by atoms with Crippen LogP contribution in [0.1, 0.15) is 73.1 Å². The van der Waals surface area contributed by atoms with E-state index in [0.29, 0.717) is 6.42 Å². The van der Waals surface area contributed by atoms with Gasteiger partial charge in [0.25, 0.3) is 0 Å². The molecule has 0 heterocycles. The minimum Gasteiger partial charge on any atom is -0.790 e. The minimum atomic E-state index is -5.30. The van der Waals surface area contributed by atoms with Gasteiger partial charge in [0.1, 0.15) is 6.61 Å². The topological polar surface area (TPSA) is 160 Å². The van der Waals surface area contributed by atoms with Gasteiger partial charge in [-0.05, 0) is 72.5 Å². The summed E-state index contributed by atoms with van der Waals surface area (Å²) < 4.78 is 24.7. The second kappa shape index (κ2) is 29.9. The second-order valence-corrected chi connectivity index (χ2v) is 7.75. The van der Waals surface area contributed by atoms with Crippen molar-refractivity contribution >= 4 is 19.8 Å². The fourth-order valence-corrected chi connectivity index (χ4v) is 2.53. The van der Waals surface area contributed by atoms with Crippen LogP contribution in [0, 0.1) is 71.0 Å². The normalized spacial score (nSPS) is 8.95. The van der Waals surface area contributed by atoms with Crippen molar-refractivity contribution in [2.75, 3.05) is 13.2 Å². The molecule has 0 saturated carbocycles. The molecule has 0 aliphatic rings. The summed E-state index contributed by atoms with van der Waals surface area (Å²) in [6.07, 6.45) is 4.56. The molecule has 0 aromatic heterocycles. The quantitative estimate of drug-likeness (QED) is 0.0633. The molecule has 0 aliphatic heterocycles. The molecule has 0 aliphatic carbocycles. The van der Waals surface area contributed by atoms with Gasteiger partial charge < -0.3 is 34.5 Å². The Morgan fingerprint density at radius 1 is 0.816 bits per heavy atom. The van der Waals surface area contributed by atoms with Crippen molar-refractivity contribution < 1.29 is 111 Å². The molecular formula is C26H48NNa2O8P. The Kier molecular flexibility index (Phi) is 34.2. The first-order valence-electron chi connectivity index (χ1n) is 10.7. The molecule has 38 heavy (non-hydrogen) atoms. The second-order valence-electron chi connectivity index (χ2n) is 6.60. The van der Waals surface area contributed by atoms with Gasteiger partial charge in [-0.1, -0.05) is 44.9 Å².